The van der Waals surface area contributed by atoms with Crippen molar-refractivity contribution in [2.24, 2.45) is 0 Å². The van der Waals surface area contributed by atoms with Gasteiger partial charge in [-0.25, -0.2) is 17.9 Å². The average molecular weight is 349 g/mol. The minimum Gasteiger partial charge on any atom is -0.336 e. The minimum atomic E-state index is -3.23. The second-order valence-electron chi connectivity index (χ2n) is 6.22. The summed E-state index contributed by atoms with van der Waals surface area (Å²) in [5.74, 6) is 0. The number of carbonyl (C=O) groups is 1. The van der Waals surface area contributed by atoms with Crippen molar-refractivity contribution < 1.29 is 13.2 Å². The summed E-state index contributed by atoms with van der Waals surface area (Å²) < 4.78 is 25.1. The summed E-state index contributed by atoms with van der Waals surface area (Å²) in [6.45, 7) is 9.81. The number of likely N-dealkylation sites (N-methyl/N-ethyl adjacent to an activating group) is 1. The quantitative estimate of drug-likeness (QED) is 0.681. The Kier molecular flexibility index (Phi) is 8.28. The number of likely N-dealkylation sites (tertiary alicyclic amines) is 1. The Morgan fingerprint density at radius 3 is 2.52 bits per heavy atom. The highest BCUT2D eigenvalue weighted by molar-refractivity contribution is 7.88. The highest BCUT2D eigenvalue weighted by atomic mass is 32.2. The van der Waals surface area contributed by atoms with Gasteiger partial charge in [0.2, 0.25) is 10.0 Å². The second-order valence-corrected chi connectivity index (χ2v) is 8.05. The van der Waals surface area contributed by atoms with Gasteiger partial charge in [-0.2, -0.15) is 0 Å². The molecule has 1 heterocycles. The molecule has 0 aromatic carbocycles. The van der Waals surface area contributed by atoms with Crippen LogP contribution in [0.25, 0.3) is 0 Å². The largest absolute Gasteiger partial charge is 0.336 e. The Labute approximate surface area is 140 Å². The summed E-state index contributed by atoms with van der Waals surface area (Å²) in [5, 5.41) is 3.00. The lowest BCUT2D eigenvalue weighted by atomic mass is 10.0. The number of hydrogen-bond donors (Lipinski definition) is 2. The summed E-state index contributed by atoms with van der Waals surface area (Å²) in [5.41, 5.74) is 0. The molecule has 1 aliphatic rings. The second kappa shape index (κ2) is 9.44. The molecule has 1 aliphatic heterocycles. The van der Waals surface area contributed by atoms with E-state index >= 15 is 0 Å². The van der Waals surface area contributed by atoms with Crippen molar-refractivity contribution >= 4 is 16.1 Å². The molecule has 0 radical (unpaired) electrons. The van der Waals surface area contributed by atoms with E-state index in [-0.39, 0.29) is 24.7 Å². The van der Waals surface area contributed by atoms with Crippen LogP contribution in [0.5, 0.6) is 0 Å². The molecule has 1 rings (SSSR count). The fourth-order valence-corrected chi connectivity index (χ4v) is 3.54. The van der Waals surface area contributed by atoms with Crippen LogP contribution in [0.3, 0.4) is 0 Å². The molecule has 0 spiro atoms. The predicted molar refractivity (Wildman–Crippen MR) is 93.0 cm³/mol. The van der Waals surface area contributed by atoms with Crippen molar-refractivity contribution in [3.63, 3.8) is 0 Å². The first-order chi connectivity index (χ1) is 10.8. The Bertz CT molecular complexity index is 465. The first-order valence-corrected chi connectivity index (χ1v) is 10.4. The predicted octanol–water partition coefficient (Wildman–Crippen LogP) is 0.830. The lowest BCUT2D eigenvalue weighted by molar-refractivity contribution is 0.147. The summed E-state index contributed by atoms with van der Waals surface area (Å²) in [4.78, 5) is 16.5. The molecular weight excluding hydrogens is 316 g/mol. The summed E-state index contributed by atoms with van der Waals surface area (Å²) in [7, 11) is -3.23. The molecule has 2 amide bonds. The number of hydrogen-bond acceptors (Lipinski definition) is 4. The molecule has 8 heteroatoms. The van der Waals surface area contributed by atoms with Crippen LogP contribution in [0.1, 0.15) is 40.0 Å². The summed E-state index contributed by atoms with van der Waals surface area (Å²) in [6.07, 6.45) is 3.97. The Balaban J connectivity index is 2.54. The zero-order valence-corrected chi connectivity index (χ0v) is 15.7. The Morgan fingerprint density at radius 1 is 1.30 bits per heavy atom. The molecule has 136 valence electrons. The van der Waals surface area contributed by atoms with Gasteiger partial charge in [0.05, 0.1) is 6.26 Å². The number of nitrogens with one attached hydrogen (secondary N) is 2. The van der Waals surface area contributed by atoms with Crippen molar-refractivity contribution in [1.82, 2.24) is 19.8 Å². The maximum atomic E-state index is 12.5. The fraction of sp³-hybridized carbons (Fsp3) is 0.933. The van der Waals surface area contributed by atoms with Gasteiger partial charge < -0.3 is 10.2 Å². The van der Waals surface area contributed by atoms with Crippen molar-refractivity contribution in [3.05, 3.63) is 0 Å². The van der Waals surface area contributed by atoms with E-state index in [1.54, 1.807) is 4.90 Å². The third-order valence-electron chi connectivity index (χ3n) is 4.45. The van der Waals surface area contributed by atoms with Crippen LogP contribution in [0.2, 0.25) is 0 Å². The number of carbonyl (C=O) groups excluding carboxylic acids is 1. The molecule has 0 bridgehead atoms. The van der Waals surface area contributed by atoms with Crippen LogP contribution in [-0.2, 0) is 10.0 Å². The summed E-state index contributed by atoms with van der Waals surface area (Å²) in [6, 6.07) is 0.123. The molecule has 0 unspecified atom stereocenters. The maximum absolute atomic E-state index is 12.5. The number of rotatable bonds is 8. The first kappa shape index (κ1) is 20.2. The van der Waals surface area contributed by atoms with E-state index in [2.05, 4.69) is 35.7 Å². The molecule has 23 heavy (non-hydrogen) atoms. The molecule has 0 aliphatic carbocycles. The van der Waals surface area contributed by atoms with Crippen molar-refractivity contribution in [2.45, 2.75) is 52.1 Å². The van der Waals surface area contributed by atoms with Crippen molar-refractivity contribution in [2.75, 3.05) is 39.0 Å². The standard InChI is InChI=1S/C15H32N4O3S/c1-5-18(6-2)13(3)11-16-15(20)19-10-8-7-9-14(19)12-17-23(4,21)22/h13-14,17H,5-12H2,1-4H3,(H,16,20)/t13-,14-/m0/s1. The van der Waals surface area contributed by atoms with Crippen molar-refractivity contribution in [1.29, 1.82) is 0 Å². The number of sulfonamides is 1. The normalized spacial score (nSPS) is 20.6. The molecule has 1 saturated heterocycles. The number of amides is 2. The van der Waals surface area contributed by atoms with E-state index in [1.165, 1.54) is 0 Å². The van der Waals surface area contributed by atoms with Crippen LogP contribution >= 0.6 is 0 Å². The van der Waals surface area contributed by atoms with E-state index in [0.717, 1.165) is 38.6 Å². The third-order valence-corrected chi connectivity index (χ3v) is 5.14. The SMILES string of the molecule is CCN(CC)[C@@H](C)CNC(=O)N1CCCC[C@H]1CNS(C)(=O)=O. The highest BCUT2D eigenvalue weighted by Gasteiger charge is 2.27. The van der Waals surface area contributed by atoms with Gasteiger partial charge >= 0.3 is 6.03 Å². The van der Waals surface area contributed by atoms with Crippen LogP contribution in [0.4, 0.5) is 4.79 Å². The zero-order chi connectivity index (χ0) is 17.5. The topological polar surface area (TPSA) is 81.8 Å². The van der Waals surface area contributed by atoms with Crippen LogP contribution in [0, 0.1) is 0 Å². The van der Waals surface area contributed by atoms with E-state index in [0.29, 0.717) is 13.1 Å². The van der Waals surface area contributed by atoms with Gasteiger partial charge in [0.25, 0.3) is 0 Å². The van der Waals surface area contributed by atoms with Gasteiger partial charge in [-0.3, -0.25) is 4.90 Å². The van der Waals surface area contributed by atoms with Crippen molar-refractivity contribution in [3.8, 4) is 0 Å². The van der Waals surface area contributed by atoms with E-state index in [9.17, 15) is 13.2 Å². The lowest BCUT2D eigenvalue weighted by Gasteiger charge is -2.36. The molecule has 1 fully saturated rings. The third kappa shape index (κ3) is 7.05. The first-order valence-electron chi connectivity index (χ1n) is 8.51. The maximum Gasteiger partial charge on any atom is 0.317 e. The van der Waals surface area contributed by atoms with E-state index in [1.807, 2.05) is 0 Å². The number of urea groups is 1. The summed E-state index contributed by atoms with van der Waals surface area (Å²) >= 11 is 0. The Hall–Kier alpha value is -0.860. The van der Waals surface area contributed by atoms with E-state index in [4.69, 9.17) is 0 Å². The average Bonchev–Trinajstić information content (AvgIpc) is 2.51. The van der Waals surface area contributed by atoms with Gasteiger partial charge in [0, 0.05) is 31.7 Å². The van der Waals surface area contributed by atoms with Crippen LogP contribution in [-0.4, -0.2) is 75.3 Å². The number of nitrogens with zero attached hydrogens (tertiary/aromatic N) is 2. The lowest BCUT2D eigenvalue weighted by Crippen LogP contribution is -2.54. The molecule has 0 aromatic heterocycles. The smallest absolute Gasteiger partial charge is 0.317 e. The van der Waals surface area contributed by atoms with Gasteiger partial charge in [-0.1, -0.05) is 13.8 Å². The Morgan fingerprint density at radius 2 is 1.96 bits per heavy atom. The minimum absolute atomic E-state index is 0.0674. The van der Waals surface area contributed by atoms with Crippen LogP contribution in [0.15, 0.2) is 0 Å². The molecular formula is C15H32N4O3S. The molecule has 0 saturated carbocycles. The van der Waals surface area contributed by atoms with Crippen LogP contribution < -0.4 is 10.0 Å². The van der Waals surface area contributed by atoms with Gasteiger partial charge in [-0.05, 0) is 39.3 Å². The monoisotopic (exact) mass is 348 g/mol. The van der Waals surface area contributed by atoms with E-state index < -0.39 is 10.0 Å². The molecule has 2 atom stereocenters. The number of piperidine rings is 1. The highest BCUT2D eigenvalue weighted by Crippen LogP contribution is 2.16. The fourth-order valence-electron chi connectivity index (χ4n) is 3.04. The van der Waals surface area contributed by atoms with Gasteiger partial charge in [0.1, 0.15) is 0 Å². The van der Waals surface area contributed by atoms with Gasteiger partial charge in [0.15, 0.2) is 0 Å². The molecule has 0 aromatic rings. The molecule has 2 N–H and O–H groups in total. The molecule has 7 nitrogen and oxygen atoms in total. The zero-order valence-electron chi connectivity index (χ0n) is 14.8. The van der Waals surface area contributed by atoms with Gasteiger partial charge in [-0.15, -0.1) is 0 Å².